The van der Waals surface area contributed by atoms with E-state index < -0.39 is 29.5 Å². The van der Waals surface area contributed by atoms with E-state index in [1.165, 1.54) is 6.92 Å². The standard InChI is InChI=1S/C18H15F3N2O4/c1-17(10-22,11-26-16(25)13-4-2-3-5-13)23-15(24)12-6-8-14(9-7-12)27-18(19,20)21/h2-4,6-9H,5,11H2,1H3,(H,23,24). The molecule has 0 saturated heterocycles. The number of allylic oxidation sites excluding steroid dienone is 3. The summed E-state index contributed by atoms with van der Waals surface area (Å²) in [7, 11) is 0. The maximum absolute atomic E-state index is 12.2. The van der Waals surface area contributed by atoms with Gasteiger partial charge in [0.2, 0.25) is 0 Å². The van der Waals surface area contributed by atoms with E-state index in [-0.39, 0.29) is 12.2 Å². The molecular formula is C18H15F3N2O4. The summed E-state index contributed by atoms with van der Waals surface area (Å²) in [4.78, 5) is 24.1. The zero-order valence-corrected chi connectivity index (χ0v) is 14.2. The number of hydrogen-bond acceptors (Lipinski definition) is 5. The minimum absolute atomic E-state index is 0.0139. The van der Waals surface area contributed by atoms with Gasteiger partial charge in [-0.05, 0) is 37.6 Å². The number of nitriles is 1. The average molecular weight is 380 g/mol. The van der Waals surface area contributed by atoms with Crippen LogP contribution in [-0.4, -0.2) is 30.4 Å². The zero-order chi connectivity index (χ0) is 20.1. The number of alkyl halides is 3. The lowest BCUT2D eigenvalue weighted by Crippen LogP contribution is -2.48. The molecule has 0 fully saturated rings. The summed E-state index contributed by atoms with van der Waals surface area (Å²) in [5.41, 5.74) is -1.07. The van der Waals surface area contributed by atoms with Gasteiger partial charge in [0, 0.05) is 11.1 Å². The molecule has 0 aliphatic heterocycles. The van der Waals surface area contributed by atoms with Gasteiger partial charge in [0.25, 0.3) is 5.91 Å². The van der Waals surface area contributed by atoms with Crippen molar-refractivity contribution in [1.82, 2.24) is 5.32 Å². The maximum atomic E-state index is 12.2. The van der Waals surface area contributed by atoms with Gasteiger partial charge in [-0.1, -0.05) is 18.2 Å². The molecule has 1 aromatic carbocycles. The van der Waals surface area contributed by atoms with Crippen molar-refractivity contribution in [1.29, 1.82) is 5.26 Å². The van der Waals surface area contributed by atoms with Crippen LogP contribution < -0.4 is 10.1 Å². The average Bonchev–Trinajstić information content (AvgIpc) is 3.13. The minimum Gasteiger partial charge on any atom is -0.459 e. The lowest BCUT2D eigenvalue weighted by Gasteiger charge is -2.23. The van der Waals surface area contributed by atoms with Crippen LogP contribution in [0, 0.1) is 11.3 Å². The van der Waals surface area contributed by atoms with E-state index >= 15 is 0 Å². The Labute approximate surface area is 152 Å². The number of hydrogen-bond donors (Lipinski definition) is 1. The number of carbonyl (C=O) groups is 2. The fraction of sp³-hybridized carbons (Fsp3) is 0.278. The Kier molecular flexibility index (Phi) is 5.90. The van der Waals surface area contributed by atoms with Crippen LogP contribution in [0.5, 0.6) is 5.75 Å². The van der Waals surface area contributed by atoms with E-state index in [9.17, 15) is 28.0 Å². The summed E-state index contributed by atoms with van der Waals surface area (Å²) in [5, 5.41) is 11.7. The summed E-state index contributed by atoms with van der Waals surface area (Å²) in [6, 6.07) is 6.05. The smallest absolute Gasteiger partial charge is 0.459 e. The van der Waals surface area contributed by atoms with E-state index in [4.69, 9.17) is 4.74 Å². The third-order valence-electron chi connectivity index (χ3n) is 3.51. The fourth-order valence-corrected chi connectivity index (χ4v) is 2.13. The monoisotopic (exact) mass is 380 g/mol. The van der Waals surface area contributed by atoms with Gasteiger partial charge >= 0.3 is 12.3 Å². The molecule has 0 aromatic heterocycles. The minimum atomic E-state index is -4.84. The molecule has 1 atom stereocenters. The van der Waals surface area contributed by atoms with E-state index in [1.54, 1.807) is 18.2 Å². The number of nitrogens with one attached hydrogen (secondary N) is 1. The van der Waals surface area contributed by atoms with Crippen molar-refractivity contribution >= 4 is 11.9 Å². The van der Waals surface area contributed by atoms with Crippen LogP contribution in [-0.2, 0) is 9.53 Å². The molecule has 1 aliphatic rings. The largest absolute Gasteiger partial charge is 0.573 e. The molecule has 0 spiro atoms. The molecule has 6 nitrogen and oxygen atoms in total. The number of rotatable bonds is 6. The van der Waals surface area contributed by atoms with Crippen LogP contribution in [0.15, 0.2) is 48.1 Å². The van der Waals surface area contributed by atoms with Gasteiger partial charge in [-0.15, -0.1) is 13.2 Å². The molecule has 0 heterocycles. The van der Waals surface area contributed by atoms with Crippen molar-refractivity contribution in [2.75, 3.05) is 6.61 Å². The molecule has 1 aliphatic carbocycles. The Morgan fingerprint density at radius 3 is 2.44 bits per heavy atom. The topological polar surface area (TPSA) is 88.4 Å². The molecule has 0 saturated carbocycles. The highest BCUT2D eigenvalue weighted by Gasteiger charge is 2.32. The maximum Gasteiger partial charge on any atom is 0.573 e. The number of esters is 1. The van der Waals surface area contributed by atoms with Crippen LogP contribution in [0.4, 0.5) is 13.2 Å². The first kappa shape index (κ1) is 20.0. The van der Waals surface area contributed by atoms with Crippen molar-refractivity contribution in [3.63, 3.8) is 0 Å². The molecule has 1 aromatic rings. The Bertz CT molecular complexity index is 822. The zero-order valence-electron chi connectivity index (χ0n) is 14.2. The van der Waals surface area contributed by atoms with E-state index in [0.717, 1.165) is 24.3 Å². The van der Waals surface area contributed by atoms with Crippen LogP contribution in [0.2, 0.25) is 0 Å². The van der Waals surface area contributed by atoms with E-state index in [0.29, 0.717) is 12.0 Å². The predicted octanol–water partition coefficient (Wildman–Crippen LogP) is 3.03. The highest BCUT2D eigenvalue weighted by molar-refractivity contribution is 5.95. The molecule has 0 bridgehead atoms. The Morgan fingerprint density at radius 1 is 1.26 bits per heavy atom. The molecule has 0 radical (unpaired) electrons. The lowest BCUT2D eigenvalue weighted by molar-refractivity contribution is -0.274. The molecule has 1 amide bonds. The van der Waals surface area contributed by atoms with Crippen molar-refractivity contribution in [3.05, 3.63) is 53.6 Å². The fourth-order valence-electron chi connectivity index (χ4n) is 2.13. The molecule has 9 heteroatoms. The summed E-state index contributed by atoms with van der Waals surface area (Å²) in [6.07, 6.45) is 0.662. The molecule has 2 rings (SSSR count). The van der Waals surface area contributed by atoms with Crippen LogP contribution in [0.1, 0.15) is 23.7 Å². The highest BCUT2D eigenvalue weighted by Crippen LogP contribution is 2.23. The Balaban J connectivity index is 1.96. The van der Waals surface area contributed by atoms with E-state index in [2.05, 4.69) is 10.1 Å². The number of amides is 1. The lowest BCUT2D eigenvalue weighted by atomic mass is 10.0. The summed E-state index contributed by atoms with van der Waals surface area (Å²) < 4.78 is 45.2. The normalized spacial score (nSPS) is 15.3. The van der Waals surface area contributed by atoms with Crippen molar-refractivity contribution in [3.8, 4) is 11.8 Å². The van der Waals surface area contributed by atoms with Gasteiger partial charge in [0.15, 0.2) is 5.54 Å². The van der Waals surface area contributed by atoms with Crippen molar-refractivity contribution in [2.45, 2.75) is 25.2 Å². The third kappa shape index (κ3) is 5.88. The molecular weight excluding hydrogens is 365 g/mol. The second kappa shape index (κ2) is 7.95. The molecule has 1 unspecified atom stereocenters. The van der Waals surface area contributed by atoms with Crippen LogP contribution >= 0.6 is 0 Å². The highest BCUT2D eigenvalue weighted by atomic mass is 19.4. The van der Waals surface area contributed by atoms with Gasteiger partial charge in [-0.3, -0.25) is 4.79 Å². The molecule has 27 heavy (non-hydrogen) atoms. The van der Waals surface area contributed by atoms with Gasteiger partial charge in [0.05, 0.1) is 6.07 Å². The van der Waals surface area contributed by atoms with Gasteiger partial charge in [0.1, 0.15) is 12.4 Å². The van der Waals surface area contributed by atoms with Crippen molar-refractivity contribution < 1.29 is 32.2 Å². The number of nitrogens with zero attached hydrogens (tertiary/aromatic N) is 1. The number of benzene rings is 1. The van der Waals surface area contributed by atoms with Crippen molar-refractivity contribution in [2.24, 2.45) is 0 Å². The Hall–Kier alpha value is -3.28. The van der Waals surface area contributed by atoms with Gasteiger partial charge < -0.3 is 14.8 Å². The third-order valence-corrected chi connectivity index (χ3v) is 3.51. The first-order valence-corrected chi connectivity index (χ1v) is 7.74. The second-order valence-corrected chi connectivity index (χ2v) is 5.87. The van der Waals surface area contributed by atoms with Crippen LogP contribution in [0.25, 0.3) is 0 Å². The summed E-state index contributed by atoms with van der Waals surface area (Å²) in [6.45, 7) is 0.973. The predicted molar refractivity (Wildman–Crippen MR) is 87.4 cm³/mol. The summed E-state index contributed by atoms with van der Waals surface area (Å²) >= 11 is 0. The number of ether oxygens (including phenoxy) is 2. The number of carbonyl (C=O) groups excluding carboxylic acids is 2. The molecule has 142 valence electrons. The first-order chi connectivity index (χ1) is 12.6. The van der Waals surface area contributed by atoms with Gasteiger partial charge in [-0.25, -0.2) is 4.79 Å². The Morgan fingerprint density at radius 2 is 1.93 bits per heavy atom. The number of halogens is 3. The summed E-state index contributed by atoms with van der Waals surface area (Å²) in [5.74, 6) is -1.78. The van der Waals surface area contributed by atoms with Crippen LogP contribution in [0.3, 0.4) is 0 Å². The van der Waals surface area contributed by atoms with E-state index in [1.807, 2.05) is 6.07 Å². The first-order valence-electron chi connectivity index (χ1n) is 7.74. The SMILES string of the molecule is CC(C#N)(COC(=O)C1=CC=CC1)NC(=O)c1ccc(OC(F)(F)F)cc1. The van der Waals surface area contributed by atoms with Gasteiger partial charge in [-0.2, -0.15) is 5.26 Å². The second-order valence-electron chi connectivity index (χ2n) is 5.87. The molecule has 1 N–H and O–H groups in total. The quantitative estimate of drug-likeness (QED) is 0.767.